The van der Waals surface area contributed by atoms with E-state index in [9.17, 15) is 0 Å². The third-order valence-corrected chi connectivity index (χ3v) is 3.35. The Labute approximate surface area is 106 Å². The number of aromatic nitrogens is 1. The largest absolute Gasteiger partial charge is 0.477 e. The zero-order chi connectivity index (χ0) is 11.7. The van der Waals surface area contributed by atoms with Crippen LogP contribution in [0, 0.1) is 5.92 Å². The molecule has 0 bridgehead atoms. The van der Waals surface area contributed by atoms with E-state index in [0.29, 0.717) is 11.8 Å². The normalized spacial score (nSPS) is 15.1. The molecule has 1 aliphatic carbocycles. The lowest BCUT2D eigenvalue weighted by atomic mass is 10.2. The van der Waals surface area contributed by atoms with E-state index in [1.54, 1.807) is 0 Å². The van der Waals surface area contributed by atoms with Crippen molar-refractivity contribution in [2.45, 2.75) is 18.7 Å². The van der Waals surface area contributed by atoms with Crippen LogP contribution in [0.4, 0.5) is 0 Å². The number of fused-ring (bicyclic) bond motifs is 1. The minimum atomic E-state index is 0.442. The van der Waals surface area contributed by atoms with Crippen molar-refractivity contribution in [2.75, 3.05) is 6.61 Å². The van der Waals surface area contributed by atoms with Gasteiger partial charge in [-0.05, 0) is 30.9 Å². The van der Waals surface area contributed by atoms with E-state index in [1.807, 2.05) is 24.3 Å². The molecule has 1 saturated carbocycles. The molecule has 0 N–H and O–H groups in total. The van der Waals surface area contributed by atoms with E-state index in [-0.39, 0.29) is 0 Å². The Morgan fingerprint density at radius 1 is 1.29 bits per heavy atom. The quantitative estimate of drug-likeness (QED) is 0.768. The number of hydrogen-bond acceptors (Lipinski definition) is 2. The van der Waals surface area contributed by atoms with Crippen molar-refractivity contribution < 1.29 is 4.74 Å². The molecule has 3 rings (SSSR count). The summed E-state index contributed by atoms with van der Waals surface area (Å²) in [6, 6.07) is 10.1. The van der Waals surface area contributed by atoms with E-state index in [0.717, 1.165) is 29.0 Å². The summed E-state index contributed by atoms with van der Waals surface area (Å²) >= 11 is 5.94. The predicted molar refractivity (Wildman–Crippen MR) is 69.5 cm³/mol. The van der Waals surface area contributed by atoms with Crippen LogP contribution in [0.2, 0.25) is 0 Å². The van der Waals surface area contributed by atoms with Crippen LogP contribution < -0.4 is 4.74 Å². The number of halogens is 1. The second kappa shape index (κ2) is 4.53. The maximum Gasteiger partial charge on any atom is 0.218 e. The van der Waals surface area contributed by atoms with Gasteiger partial charge in [0.1, 0.15) is 0 Å². The maximum atomic E-state index is 5.94. The average Bonchev–Trinajstić information content (AvgIpc) is 3.19. The van der Waals surface area contributed by atoms with Gasteiger partial charge in [-0.25, -0.2) is 4.98 Å². The molecule has 0 unspecified atom stereocenters. The number of alkyl halides is 1. The highest BCUT2D eigenvalue weighted by Crippen LogP contribution is 2.31. The molecule has 2 nitrogen and oxygen atoms in total. The van der Waals surface area contributed by atoms with Crippen LogP contribution in [0.5, 0.6) is 5.88 Å². The third kappa shape index (κ3) is 2.37. The highest BCUT2D eigenvalue weighted by atomic mass is 35.5. The molecule has 17 heavy (non-hydrogen) atoms. The third-order valence-electron chi connectivity index (χ3n) is 3.06. The molecule has 0 aliphatic heterocycles. The molecule has 0 spiro atoms. The van der Waals surface area contributed by atoms with Crippen LogP contribution in [-0.2, 0) is 5.88 Å². The minimum absolute atomic E-state index is 0.442. The van der Waals surface area contributed by atoms with Gasteiger partial charge in [0.05, 0.1) is 18.0 Å². The number of para-hydroxylation sites is 1. The van der Waals surface area contributed by atoms with E-state index < -0.39 is 0 Å². The van der Waals surface area contributed by atoms with Gasteiger partial charge in [0.2, 0.25) is 5.88 Å². The summed E-state index contributed by atoms with van der Waals surface area (Å²) in [5, 5.41) is 1.11. The van der Waals surface area contributed by atoms with Gasteiger partial charge in [0, 0.05) is 10.9 Å². The summed E-state index contributed by atoms with van der Waals surface area (Å²) in [4.78, 5) is 4.54. The smallest absolute Gasteiger partial charge is 0.218 e. The van der Waals surface area contributed by atoms with E-state index in [2.05, 4.69) is 11.1 Å². The van der Waals surface area contributed by atoms with Crippen LogP contribution in [-0.4, -0.2) is 11.6 Å². The Morgan fingerprint density at radius 2 is 2.12 bits per heavy atom. The second-order valence-corrected chi connectivity index (χ2v) is 4.80. The summed E-state index contributed by atoms with van der Waals surface area (Å²) in [6.07, 6.45) is 2.56. The van der Waals surface area contributed by atoms with Crippen molar-refractivity contribution >= 4 is 22.5 Å². The summed E-state index contributed by atoms with van der Waals surface area (Å²) in [6.45, 7) is 0.773. The van der Waals surface area contributed by atoms with Gasteiger partial charge < -0.3 is 4.74 Å². The van der Waals surface area contributed by atoms with E-state index in [1.165, 1.54) is 12.8 Å². The molecular weight excluding hydrogens is 234 g/mol. The first-order valence-electron chi connectivity index (χ1n) is 5.94. The number of ether oxygens (including phenoxy) is 1. The molecule has 0 radical (unpaired) electrons. The number of benzene rings is 1. The van der Waals surface area contributed by atoms with E-state index in [4.69, 9.17) is 16.3 Å². The molecule has 1 aliphatic rings. The monoisotopic (exact) mass is 247 g/mol. The fourth-order valence-electron chi connectivity index (χ4n) is 1.84. The predicted octanol–water partition coefficient (Wildman–Crippen LogP) is 3.76. The van der Waals surface area contributed by atoms with Gasteiger partial charge in [0.15, 0.2) is 0 Å². The molecule has 0 atom stereocenters. The van der Waals surface area contributed by atoms with Crippen molar-refractivity contribution in [3.63, 3.8) is 0 Å². The molecule has 1 fully saturated rings. The van der Waals surface area contributed by atoms with Crippen molar-refractivity contribution in [1.82, 2.24) is 4.98 Å². The number of rotatable bonds is 4. The fourth-order valence-corrected chi connectivity index (χ4v) is 2.04. The van der Waals surface area contributed by atoms with Crippen molar-refractivity contribution in [1.29, 1.82) is 0 Å². The van der Waals surface area contributed by atoms with Crippen LogP contribution >= 0.6 is 11.6 Å². The lowest BCUT2D eigenvalue weighted by Gasteiger charge is -2.09. The van der Waals surface area contributed by atoms with Crippen LogP contribution in [0.1, 0.15) is 18.4 Å². The van der Waals surface area contributed by atoms with Gasteiger partial charge in [0.25, 0.3) is 0 Å². The fraction of sp³-hybridized carbons (Fsp3) is 0.357. The van der Waals surface area contributed by atoms with Gasteiger partial charge in [-0.1, -0.05) is 18.2 Å². The van der Waals surface area contributed by atoms with Crippen LogP contribution in [0.15, 0.2) is 30.3 Å². The molecule has 88 valence electrons. The first-order chi connectivity index (χ1) is 8.36. The van der Waals surface area contributed by atoms with Gasteiger partial charge in [-0.2, -0.15) is 0 Å². The molecule has 1 heterocycles. The molecule has 0 amide bonds. The first kappa shape index (κ1) is 10.8. The Morgan fingerprint density at radius 3 is 2.88 bits per heavy atom. The zero-order valence-corrected chi connectivity index (χ0v) is 10.3. The Balaban J connectivity index is 1.95. The minimum Gasteiger partial charge on any atom is -0.477 e. The summed E-state index contributed by atoms with van der Waals surface area (Å²) in [5.74, 6) is 1.87. The Kier molecular flexibility index (Phi) is 2.89. The van der Waals surface area contributed by atoms with E-state index >= 15 is 0 Å². The molecular formula is C14H14ClNO. The van der Waals surface area contributed by atoms with Gasteiger partial charge >= 0.3 is 0 Å². The van der Waals surface area contributed by atoms with Crippen molar-refractivity contribution in [3.8, 4) is 5.88 Å². The lowest BCUT2D eigenvalue weighted by Crippen LogP contribution is -2.03. The highest BCUT2D eigenvalue weighted by Gasteiger charge is 2.22. The standard InChI is InChI=1S/C14H14ClNO/c15-8-12-7-11-3-1-2-4-13(11)16-14(12)17-9-10-5-6-10/h1-4,7,10H,5-6,8-9H2. The highest BCUT2D eigenvalue weighted by molar-refractivity contribution is 6.17. The van der Waals surface area contributed by atoms with Gasteiger partial charge in [-0.15, -0.1) is 11.6 Å². The average molecular weight is 248 g/mol. The topological polar surface area (TPSA) is 22.1 Å². The number of nitrogens with zero attached hydrogens (tertiary/aromatic N) is 1. The number of pyridine rings is 1. The molecule has 1 aromatic carbocycles. The zero-order valence-electron chi connectivity index (χ0n) is 9.53. The lowest BCUT2D eigenvalue weighted by molar-refractivity contribution is 0.287. The van der Waals surface area contributed by atoms with Crippen molar-refractivity contribution in [2.24, 2.45) is 5.92 Å². The summed E-state index contributed by atoms with van der Waals surface area (Å²) in [7, 11) is 0. The summed E-state index contributed by atoms with van der Waals surface area (Å²) in [5.41, 5.74) is 1.94. The molecule has 1 aromatic heterocycles. The number of hydrogen-bond donors (Lipinski definition) is 0. The summed E-state index contributed by atoms with van der Waals surface area (Å²) < 4.78 is 5.76. The second-order valence-electron chi connectivity index (χ2n) is 4.53. The molecule has 0 saturated heterocycles. The van der Waals surface area contributed by atoms with Crippen LogP contribution in [0.25, 0.3) is 10.9 Å². The Hall–Kier alpha value is -1.28. The SMILES string of the molecule is ClCc1cc2ccccc2nc1OCC1CC1. The molecule has 2 aromatic rings. The van der Waals surface area contributed by atoms with Crippen LogP contribution in [0.3, 0.4) is 0 Å². The molecule has 3 heteroatoms. The first-order valence-corrected chi connectivity index (χ1v) is 6.47. The van der Waals surface area contributed by atoms with Crippen molar-refractivity contribution in [3.05, 3.63) is 35.9 Å². The Bertz CT molecular complexity index is 537. The maximum absolute atomic E-state index is 5.94. The van der Waals surface area contributed by atoms with Gasteiger partial charge in [-0.3, -0.25) is 0 Å².